The number of ether oxygens (including phenoxy) is 1. The first-order chi connectivity index (χ1) is 7.08. The fraction of sp³-hybridized carbons (Fsp3) is 0.375. The number of hydrogen-bond donors (Lipinski definition) is 1. The molecule has 80 valence electrons. The van der Waals surface area contributed by atoms with E-state index in [0.29, 0.717) is 16.1 Å². The molecule has 0 saturated carbocycles. The average Bonchev–Trinajstić information content (AvgIpc) is 2.51. The Balaban J connectivity index is 2.62. The molecule has 0 aliphatic heterocycles. The van der Waals surface area contributed by atoms with E-state index in [-0.39, 0.29) is 12.1 Å². The molecule has 0 aromatic carbocycles. The Bertz CT molecular complexity index is 495. The molecule has 0 saturated heterocycles. The maximum absolute atomic E-state index is 5.57. The van der Waals surface area contributed by atoms with Crippen LogP contribution in [0.25, 0.3) is 5.65 Å². The minimum Gasteiger partial charge on any atom is -0.473 e. The van der Waals surface area contributed by atoms with Crippen LogP contribution in [0.2, 0.25) is 0 Å². The summed E-state index contributed by atoms with van der Waals surface area (Å²) >= 11 is 3.29. The van der Waals surface area contributed by atoms with Crippen molar-refractivity contribution in [2.45, 2.75) is 20.0 Å². The van der Waals surface area contributed by atoms with Gasteiger partial charge in [0.25, 0.3) is 5.88 Å². The third kappa shape index (κ3) is 1.87. The summed E-state index contributed by atoms with van der Waals surface area (Å²) < 4.78 is 7.66. The van der Waals surface area contributed by atoms with Crippen molar-refractivity contribution in [1.82, 2.24) is 19.6 Å². The lowest BCUT2D eigenvalue weighted by Gasteiger charge is -2.11. The SMILES string of the molecule is CC(C)Oc1c(Br)ncc2nc(N)nn12. The number of nitrogens with zero attached hydrogens (tertiary/aromatic N) is 4. The van der Waals surface area contributed by atoms with Gasteiger partial charge in [-0.25, -0.2) is 4.98 Å². The molecule has 2 N–H and O–H groups in total. The van der Waals surface area contributed by atoms with Crippen LogP contribution in [0, 0.1) is 0 Å². The number of halogens is 1. The van der Waals surface area contributed by atoms with E-state index < -0.39 is 0 Å². The Morgan fingerprint density at radius 1 is 1.53 bits per heavy atom. The van der Waals surface area contributed by atoms with Crippen molar-refractivity contribution in [3.8, 4) is 5.88 Å². The van der Waals surface area contributed by atoms with E-state index in [1.165, 1.54) is 4.52 Å². The molecule has 2 rings (SSSR count). The smallest absolute Gasteiger partial charge is 0.250 e. The fourth-order valence-electron chi connectivity index (χ4n) is 1.15. The summed E-state index contributed by atoms with van der Waals surface area (Å²) in [5.41, 5.74) is 6.06. The van der Waals surface area contributed by atoms with Gasteiger partial charge < -0.3 is 10.5 Å². The molecule has 2 heterocycles. The van der Waals surface area contributed by atoms with Crippen LogP contribution in [0.15, 0.2) is 10.8 Å². The van der Waals surface area contributed by atoms with Gasteiger partial charge in [0.05, 0.1) is 12.3 Å². The van der Waals surface area contributed by atoms with E-state index in [2.05, 4.69) is 31.0 Å². The highest BCUT2D eigenvalue weighted by atomic mass is 79.9. The minimum atomic E-state index is 0.0270. The lowest BCUT2D eigenvalue weighted by molar-refractivity contribution is 0.223. The lowest BCUT2D eigenvalue weighted by atomic mass is 10.5. The molecule has 2 aromatic rings. The zero-order valence-corrected chi connectivity index (χ0v) is 9.89. The normalized spacial score (nSPS) is 11.2. The zero-order valence-electron chi connectivity index (χ0n) is 8.31. The van der Waals surface area contributed by atoms with Crippen molar-refractivity contribution in [2.24, 2.45) is 0 Å². The average molecular weight is 272 g/mol. The topological polar surface area (TPSA) is 78.3 Å². The van der Waals surface area contributed by atoms with Gasteiger partial charge in [0, 0.05) is 0 Å². The molecule has 0 aliphatic carbocycles. The van der Waals surface area contributed by atoms with Crippen molar-refractivity contribution in [3.05, 3.63) is 10.8 Å². The summed E-state index contributed by atoms with van der Waals surface area (Å²) in [4.78, 5) is 8.07. The predicted molar refractivity (Wildman–Crippen MR) is 58.7 cm³/mol. The molecule has 6 nitrogen and oxygen atoms in total. The van der Waals surface area contributed by atoms with E-state index >= 15 is 0 Å². The third-order valence-corrected chi connectivity index (χ3v) is 2.20. The number of nitrogens with two attached hydrogens (primary N) is 1. The van der Waals surface area contributed by atoms with Gasteiger partial charge in [-0.3, -0.25) is 0 Å². The number of rotatable bonds is 2. The number of aromatic nitrogens is 4. The maximum atomic E-state index is 5.57. The monoisotopic (exact) mass is 271 g/mol. The second-order valence-corrected chi connectivity index (χ2v) is 4.01. The van der Waals surface area contributed by atoms with E-state index in [1.807, 2.05) is 13.8 Å². The van der Waals surface area contributed by atoms with Crippen molar-refractivity contribution in [1.29, 1.82) is 0 Å². The summed E-state index contributed by atoms with van der Waals surface area (Å²) in [7, 11) is 0. The molecule has 0 spiro atoms. The molecule has 0 atom stereocenters. The van der Waals surface area contributed by atoms with Crippen LogP contribution < -0.4 is 10.5 Å². The standard InChI is InChI=1S/C8H10BrN5O/c1-4(2)15-7-6(9)11-3-5-12-8(10)13-14(5)7/h3-4H,1-2H3,(H2,10,13). The highest BCUT2D eigenvalue weighted by Crippen LogP contribution is 2.23. The van der Waals surface area contributed by atoms with Crippen LogP contribution >= 0.6 is 15.9 Å². The Labute approximate surface area is 94.6 Å². The van der Waals surface area contributed by atoms with Gasteiger partial charge >= 0.3 is 0 Å². The van der Waals surface area contributed by atoms with E-state index in [9.17, 15) is 0 Å². The Morgan fingerprint density at radius 2 is 2.27 bits per heavy atom. The van der Waals surface area contributed by atoms with Crippen LogP contribution in [0.3, 0.4) is 0 Å². The first-order valence-corrected chi connectivity index (χ1v) is 5.20. The van der Waals surface area contributed by atoms with E-state index in [0.717, 1.165) is 0 Å². The second kappa shape index (κ2) is 3.65. The van der Waals surface area contributed by atoms with Gasteiger partial charge in [0.1, 0.15) is 0 Å². The first kappa shape index (κ1) is 10.2. The molecule has 2 aromatic heterocycles. The van der Waals surface area contributed by atoms with Crippen LogP contribution in [0.5, 0.6) is 5.88 Å². The van der Waals surface area contributed by atoms with Gasteiger partial charge in [-0.15, -0.1) is 5.10 Å². The molecule has 0 amide bonds. The quantitative estimate of drug-likeness (QED) is 0.890. The highest BCUT2D eigenvalue weighted by molar-refractivity contribution is 9.10. The lowest BCUT2D eigenvalue weighted by Crippen LogP contribution is -2.10. The van der Waals surface area contributed by atoms with Crippen molar-refractivity contribution >= 4 is 27.5 Å². The van der Waals surface area contributed by atoms with Crippen molar-refractivity contribution in [3.63, 3.8) is 0 Å². The van der Waals surface area contributed by atoms with Crippen LogP contribution in [-0.4, -0.2) is 25.7 Å². The van der Waals surface area contributed by atoms with E-state index in [1.54, 1.807) is 6.20 Å². The molecule has 0 fully saturated rings. The number of fused-ring (bicyclic) bond motifs is 1. The predicted octanol–water partition coefficient (Wildman–Crippen LogP) is 1.26. The molecule has 7 heteroatoms. The number of nitrogen functional groups attached to an aromatic ring is 1. The molecule has 15 heavy (non-hydrogen) atoms. The fourth-order valence-corrected chi connectivity index (χ4v) is 1.52. The number of anilines is 1. The van der Waals surface area contributed by atoms with Crippen LogP contribution in [0.4, 0.5) is 5.95 Å². The van der Waals surface area contributed by atoms with Crippen molar-refractivity contribution < 1.29 is 4.74 Å². The molecular formula is C8H10BrN5O. The third-order valence-electron chi connectivity index (χ3n) is 1.66. The van der Waals surface area contributed by atoms with E-state index in [4.69, 9.17) is 10.5 Å². The summed E-state index contributed by atoms with van der Waals surface area (Å²) in [5, 5.41) is 4.02. The summed E-state index contributed by atoms with van der Waals surface area (Å²) in [5.74, 6) is 0.704. The highest BCUT2D eigenvalue weighted by Gasteiger charge is 2.12. The van der Waals surface area contributed by atoms with Gasteiger partial charge in [-0.1, -0.05) is 0 Å². The molecule has 0 aliphatic rings. The minimum absolute atomic E-state index is 0.0270. The van der Waals surface area contributed by atoms with Gasteiger partial charge in [-0.05, 0) is 29.8 Å². The molecular weight excluding hydrogens is 262 g/mol. The van der Waals surface area contributed by atoms with Gasteiger partial charge in [-0.2, -0.15) is 9.50 Å². The summed E-state index contributed by atoms with van der Waals surface area (Å²) in [6.45, 7) is 3.84. The molecule has 0 unspecified atom stereocenters. The Hall–Kier alpha value is -1.37. The van der Waals surface area contributed by atoms with Crippen LogP contribution in [-0.2, 0) is 0 Å². The first-order valence-electron chi connectivity index (χ1n) is 4.41. The summed E-state index contributed by atoms with van der Waals surface area (Å²) in [6, 6.07) is 0. The largest absolute Gasteiger partial charge is 0.473 e. The summed E-state index contributed by atoms with van der Waals surface area (Å²) in [6.07, 6.45) is 1.60. The van der Waals surface area contributed by atoms with Crippen LogP contribution in [0.1, 0.15) is 13.8 Å². The molecule has 0 radical (unpaired) electrons. The Kier molecular flexibility index (Phi) is 2.47. The van der Waals surface area contributed by atoms with Gasteiger partial charge in [0.2, 0.25) is 5.95 Å². The van der Waals surface area contributed by atoms with Gasteiger partial charge in [0.15, 0.2) is 10.3 Å². The zero-order chi connectivity index (χ0) is 11.0. The molecule has 0 bridgehead atoms. The number of hydrogen-bond acceptors (Lipinski definition) is 5. The maximum Gasteiger partial charge on any atom is 0.250 e. The Morgan fingerprint density at radius 3 is 2.93 bits per heavy atom. The van der Waals surface area contributed by atoms with Crippen molar-refractivity contribution in [2.75, 3.05) is 5.73 Å². The second-order valence-electron chi connectivity index (χ2n) is 3.26.